The molecule has 0 aliphatic carbocycles. The van der Waals surface area contributed by atoms with Crippen LogP contribution in [0, 0.1) is 30.7 Å². The number of nitrogens with zero attached hydrogens (tertiary/aromatic N) is 1. The molecule has 277 valence electrons. The molecule has 3 heterocycles. The molecule has 0 atom stereocenters. The van der Waals surface area contributed by atoms with Crippen molar-refractivity contribution in [1.29, 1.82) is 0 Å². The number of aryl methyl sites for hydroxylation is 2. The normalized spacial score (nSPS) is 12.6. The van der Waals surface area contributed by atoms with E-state index in [1.165, 1.54) is 58.8 Å². The molecular formula is C46H54IrNO2S2-. The SMILES string of the molecule is CCC(C)(CC)C(=O)/C=C(\O)C(C)(CC)CC.Cc1c(-c2cccc3scc(C)c23)sc2c(-c3[c-]c4ccccc4c(C(C)(C)C)c3)nccc12.[Ir]. The molecule has 0 saturated heterocycles. The molecule has 1 N–H and O–H groups in total. The van der Waals surface area contributed by atoms with Crippen molar-refractivity contribution < 1.29 is 30.0 Å². The number of carbonyl (C=O) groups excluding carboxylic acids is 1. The number of rotatable bonds is 9. The van der Waals surface area contributed by atoms with Crippen molar-refractivity contribution in [3.05, 3.63) is 101 Å². The van der Waals surface area contributed by atoms with E-state index in [9.17, 15) is 9.90 Å². The van der Waals surface area contributed by atoms with Gasteiger partial charge in [-0.1, -0.05) is 104 Å². The molecule has 3 aromatic heterocycles. The van der Waals surface area contributed by atoms with Crippen LogP contribution in [0.25, 0.3) is 52.6 Å². The number of carbonyl (C=O) groups is 1. The molecule has 0 aliphatic heterocycles. The quantitative estimate of drug-likeness (QED) is 0.0893. The average molecular weight is 909 g/mol. The van der Waals surface area contributed by atoms with Crippen LogP contribution in [0.3, 0.4) is 0 Å². The summed E-state index contributed by atoms with van der Waals surface area (Å²) >= 11 is 3.69. The van der Waals surface area contributed by atoms with Gasteiger partial charge in [-0.05, 0) is 79.0 Å². The first kappa shape index (κ1) is 41.6. The van der Waals surface area contributed by atoms with Crippen LogP contribution in [0.15, 0.2) is 78.0 Å². The standard InChI is InChI=1S/C31H26NS2.C15H28O2.Ir/c1-18-17-33-26-12-8-11-24(27(18)26)29-19(2)22-13-14-32-28(30(22)34-29)21-15-20-9-6-7-10-23(20)25(16-21)31(3,4)5;1-7-14(5,8-2)12(16)11-13(17)15(6,9-3)10-4;/h6-14,16-17H,1-5H3;11,16H,7-10H2,1-6H3;/q-1;;/b;12-11-;. The Morgan fingerprint density at radius 2 is 1.52 bits per heavy atom. The largest absolute Gasteiger partial charge is 0.512 e. The van der Waals surface area contributed by atoms with E-state index in [4.69, 9.17) is 4.98 Å². The molecule has 0 saturated carbocycles. The first-order valence-corrected chi connectivity index (χ1v) is 20.1. The predicted octanol–water partition coefficient (Wildman–Crippen LogP) is 14.4. The minimum Gasteiger partial charge on any atom is -0.512 e. The Labute approximate surface area is 333 Å². The summed E-state index contributed by atoms with van der Waals surface area (Å²) < 4.78 is 2.59. The van der Waals surface area contributed by atoms with E-state index in [0.717, 1.165) is 42.3 Å². The molecule has 0 unspecified atom stereocenters. The van der Waals surface area contributed by atoms with Crippen molar-refractivity contribution in [2.75, 3.05) is 0 Å². The van der Waals surface area contributed by atoms with E-state index >= 15 is 0 Å². The number of benzene rings is 3. The maximum Gasteiger partial charge on any atom is 0.164 e. The zero-order valence-corrected chi connectivity index (χ0v) is 36.7. The minimum absolute atomic E-state index is 0. The van der Waals surface area contributed by atoms with Gasteiger partial charge < -0.3 is 5.11 Å². The van der Waals surface area contributed by atoms with Gasteiger partial charge in [0.25, 0.3) is 0 Å². The van der Waals surface area contributed by atoms with E-state index in [1.54, 1.807) is 0 Å². The van der Waals surface area contributed by atoms with Gasteiger partial charge in [0.05, 0.1) is 0 Å². The van der Waals surface area contributed by atoms with Crippen LogP contribution in [0.5, 0.6) is 0 Å². The molecule has 0 amide bonds. The third kappa shape index (κ3) is 8.02. The second kappa shape index (κ2) is 16.5. The number of aliphatic hydroxyl groups excluding tert-OH is 1. The van der Waals surface area contributed by atoms with Gasteiger partial charge in [-0.3, -0.25) is 9.78 Å². The fourth-order valence-electron chi connectivity index (χ4n) is 6.69. The van der Waals surface area contributed by atoms with Gasteiger partial charge in [0.1, 0.15) is 5.76 Å². The molecule has 0 fully saturated rings. The Hall–Kier alpha value is -3.15. The monoisotopic (exact) mass is 909 g/mol. The maximum absolute atomic E-state index is 12.2. The van der Waals surface area contributed by atoms with E-state index in [2.05, 4.69) is 101 Å². The first-order chi connectivity index (χ1) is 24.1. The third-order valence-corrected chi connectivity index (χ3v) is 13.7. The molecular weight excluding hydrogens is 855 g/mol. The fourth-order valence-corrected chi connectivity index (χ4v) is 9.00. The summed E-state index contributed by atoms with van der Waals surface area (Å²) in [5.41, 5.74) is 6.88. The van der Waals surface area contributed by atoms with Crippen molar-refractivity contribution in [2.24, 2.45) is 10.8 Å². The summed E-state index contributed by atoms with van der Waals surface area (Å²) in [5, 5.41) is 17.5. The van der Waals surface area contributed by atoms with Crippen LogP contribution in [0.4, 0.5) is 0 Å². The number of aliphatic hydroxyl groups is 1. The van der Waals surface area contributed by atoms with E-state index in [1.807, 2.05) is 70.4 Å². The summed E-state index contributed by atoms with van der Waals surface area (Å²) in [4.78, 5) is 18.4. The van der Waals surface area contributed by atoms with Gasteiger partial charge in [-0.15, -0.1) is 51.8 Å². The molecule has 3 aromatic carbocycles. The van der Waals surface area contributed by atoms with Gasteiger partial charge in [-0.25, -0.2) is 0 Å². The van der Waals surface area contributed by atoms with Crippen LogP contribution in [0.2, 0.25) is 0 Å². The van der Waals surface area contributed by atoms with Gasteiger partial charge >= 0.3 is 0 Å². The van der Waals surface area contributed by atoms with Crippen molar-refractivity contribution in [1.82, 2.24) is 4.98 Å². The number of hydrogen-bond acceptors (Lipinski definition) is 5. The third-order valence-electron chi connectivity index (χ3n) is 11.3. The molecule has 0 spiro atoms. The summed E-state index contributed by atoms with van der Waals surface area (Å²) in [6.45, 7) is 23.4. The molecule has 6 rings (SSSR count). The molecule has 6 aromatic rings. The number of thiophene rings is 2. The number of aromatic nitrogens is 1. The van der Waals surface area contributed by atoms with Crippen molar-refractivity contribution in [3.63, 3.8) is 0 Å². The Morgan fingerprint density at radius 3 is 2.15 bits per heavy atom. The molecule has 0 bridgehead atoms. The second-order valence-electron chi connectivity index (χ2n) is 15.5. The Bertz CT molecular complexity index is 2220. The number of pyridine rings is 1. The zero-order chi connectivity index (χ0) is 37.3. The predicted molar refractivity (Wildman–Crippen MR) is 223 cm³/mol. The second-order valence-corrected chi connectivity index (χ2v) is 17.4. The van der Waals surface area contributed by atoms with Crippen molar-refractivity contribution in [3.8, 4) is 21.7 Å². The van der Waals surface area contributed by atoms with E-state index in [-0.39, 0.29) is 47.9 Å². The van der Waals surface area contributed by atoms with Crippen LogP contribution < -0.4 is 0 Å². The van der Waals surface area contributed by atoms with Crippen LogP contribution >= 0.6 is 22.7 Å². The van der Waals surface area contributed by atoms with Crippen molar-refractivity contribution >= 4 is 59.4 Å². The average Bonchev–Trinajstić information content (AvgIpc) is 3.69. The number of allylic oxidation sites excluding steroid dienone is 2. The molecule has 1 radical (unpaired) electrons. The maximum atomic E-state index is 12.2. The summed E-state index contributed by atoms with van der Waals surface area (Å²) in [5.74, 6) is 0.286. The summed E-state index contributed by atoms with van der Waals surface area (Å²) in [6.07, 6.45) is 6.71. The molecule has 0 aliphatic rings. The van der Waals surface area contributed by atoms with Crippen LogP contribution in [0.1, 0.15) is 105 Å². The fraction of sp³-hybridized carbons (Fsp3) is 0.391. The molecule has 3 nitrogen and oxygen atoms in total. The topological polar surface area (TPSA) is 50.2 Å². The smallest absolute Gasteiger partial charge is 0.164 e. The number of fused-ring (bicyclic) bond motifs is 3. The summed E-state index contributed by atoms with van der Waals surface area (Å²) in [7, 11) is 0. The zero-order valence-electron chi connectivity index (χ0n) is 32.7. The van der Waals surface area contributed by atoms with E-state index < -0.39 is 0 Å². The van der Waals surface area contributed by atoms with Crippen LogP contribution in [-0.4, -0.2) is 15.9 Å². The Morgan fingerprint density at radius 1 is 0.865 bits per heavy atom. The van der Waals surface area contributed by atoms with Crippen molar-refractivity contribution in [2.45, 2.75) is 107 Å². The Balaban J connectivity index is 0.000000289. The number of hydrogen-bond donors (Lipinski definition) is 1. The van der Waals surface area contributed by atoms with Crippen LogP contribution in [-0.2, 0) is 30.3 Å². The molecule has 6 heteroatoms. The van der Waals surface area contributed by atoms with Gasteiger partial charge in [0.2, 0.25) is 0 Å². The Kier molecular flexibility index (Phi) is 13.2. The first-order valence-electron chi connectivity index (χ1n) is 18.4. The number of ketones is 1. The van der Waals surface area contributed by atoms with Gasteiger partial charge in [-0.2, -0.15) is 0 Å². The summed E-state index contributed by atoms with van der Waals surface area (Å²) in [6, 6.07) is 23.4. The minimum atomic E-state index is -0.337. The van der Waals surface area contributed by atoms with Gasteiger partial charge in [0.15, 0.2) is 5.78 Å². The molecule has 52 heavy (non-hydrogen) atoms. The van der Waals surface area contributed by atoms with E-state index in [0.29, 0.717) is 0 Å². The van der Waals surface area contributed by atoms with Gasteiger partial charge in [0, 0.05) is 74.1 Å².